The first-order valence-electron chi connectivity index (χ1n) is 9.36. The van der Waals surface area contributed by atoms with Crippen molar-refractivity contribution in [3.63, 3.8) is 0 Å². The van der Waals surface area contributed by atoms with Crippen molar-refractivity contribution >= 4 is 35.6 Å². The molecule has 2 N–H and O–H groups in total. The lowest BCUT2D eigenvalue weighted by Crippen LogP contribution is -2.42. The Balaban J connectivity index is 0.00000338. The Labute approximate surface area is 174 Å². The van der Waals surface area contributed by atoms with E-state index in [-0.39, 0.29) is 24.0 Å². The Morgan fingerprint density at radius 2 is 1.96 bits per heavy atom. The van der Waals surface area contributed by atoms with E-state index >= 15 is 0 Å². The SMILES string of the molecule is CN=C(NCCCc1nnc2ccccn12)NC(C)CCCC(C)C.I. The molecular formula is C19H33IN6. The van der Waals surface area contributed by atoms with Gasteiger partial charge in [0, 0.05) is 32.3 Å². The van der Waals surface area contributed by atoms with Gasteiger partial charge in [-0.2, -0.15) is 0 Å². The molecule has 0 aliphatic rings. The second-order valence-corrected chi connectivity index (χ2v) is 7.02. The lowest BCUT2D eigenvalue weighted by Gasteiger charge is -2.18. The van der Waals surface area contributed by atoms with Crippen LogP contribution in [0.2, 0.25) is 0 Å². The molecule has 7 heteroatoms. The predicted octanol–water partition coefficient (Wildman–Crippen LogP) is 3.66. The van der Waals surface area contributed by atoms with Crippen LogP contribution in [0.1, 0.15) is 52.3 Å². The molecule has 0 radical (unpaired) electrons. The van der Waals surface area contributed by atoms with Crippen LogP contribution < -0.4 is 10.6 Å². The van der Waals surface area contributed by atoms with Crippen molar-refractivity contribution in [1.29, 1.82) is 0 Å². The molecule has 0 aliphatic heterocycles. The number of nitrogens with one attached hydrogen (secondary N) is 2. The number of guanidine groups is 1. The summed E-state index contributed by atoms with van der Waals surface area (Å²) in [6, 6.07) is 6.39. The first-order valence-corrected chi connectivity index (χ1v) is 9.36. The number of fused-ring (bicyclic) bond motifs is 1. The van der Waals surface area contributed by atoms with Gasteiger partial charge in [-0.05, 0) is 37.8 Å². The Bertz CT molecular complexity index is 667. The maximum atomic E-state index is 4.32. The summed E-state index contributed by atoms with van der Waals surface area (Å²) in [5.74, 6) is 2.66. The fourth-order valence-electron chi connectivity index (χ4n) is 2.85. The zero-order valence-corrected chi connectivity index (χ0v) is 18.7. The van der Waals surface area contributed by atoms with Crippen LogP contribution >= 0.6 is 24.0 Å². The summed E-state index contributed by atoms with van der Waals surface area (Å²) >= 11 is 0. The van der Waals surface area contributed by atoms with Gasteiger partial charge in [-0.25, -0.2) is 0 Å². The normalized spacial score (nSPS) is 12.9. The molecule has 0 fully saturated rings. The van der Waals surface area contributed by atoms with E-state index in [9.17, 15) is 0 Å². The molecule has 0 saturated carbocycles. The summed E-state index contributed by atoms with van der Waals surface area (Å²) in [5, 5.41) is 15.3. The van der Waals surface area contributed by atoms with Crippen molar-refractivity contribution in [2.45, 2.75) is 58.9 Å². The number of rotatable bonds is 9. The molecule has 1 atom stereocenters. The van der Waals surface area contributed by atoms with Crippen LogP contribution in [-0.4, -0.2) is 40.2 Å². The number of aryl methyl sites for hydroxylation is 1. The highest BCUT2D eigenvalue weighted by Gasteiger charge is 2.07. The first-order chi connectivity index (χ1) is 12.1. The van der Waals surface area contributed by atoms with Gasteiger partial charge in [0.05, 0.1) is 0 Å². The third-order valence-electron chi connectivity index (χ3n) is 4.28. The molecule has 0 aromatic carbocycles. The quantitative estimate of drug-likeness (QED) is 0.253. The van der Waals surface area contributed by atoms with Gasteiger partial charge in [0.1, 0.15) is 5.82 Å². The van der Waals surface area contributed by atoms with Gasteiger partial charge in [0.2, 0.25) is 0 Å². The van der Waals surface area contributed by atoms with Gasteiger partial charge >= 0.3 is 0 Å². The van der Waals surface area contributed by atoms with Gasteiger partial charge in [0.25, 0.3) is 0 Å². The molecule has 0 amide bonds. The number of aromatic nitrogens is 3. The molecule has 2 aromatic rings. The highest BCUT2D eigenvalue weighted by Crippen LogP contribution is 2.08. The van der Waals surface area contributed by atoms with Crippen molar-refractivity contribution in [2.75, 3.05) is 13.6 Å². The molecule has 26 heavy (non-hydrogen) atoms. The number of nitrogens with zero attached hydrogens (tertiary/aromatic N) is 4. The summed E-state index contributed by atoms with van der Waals surface area (Å²) in [5.41, 5.74) is 0.901. The molecule has 0 spiro atoms. The predicted molar refractivity (Wildman–Crippen MR) is 119 cm³/mol. The summed E-state index contributed by atoms with van der Waals surface area (Å²) in [4.78, 5) is 4.32. The largest absolute Gasteiger partial charge is 0.356 e. The van der Waals surface area contributed by atoms with Crippen molar-refractivity contribution in [2.24, 2.45) is 10.9 Å². The summed E-state index contributed by atoms with van der Waals surface area (Å²) in [6.07, 6.45) is 7.59. The number of hydrogen-bond acceptors (Lipinski definition) is 3. The molecule has 1 unspecified atom stereocenters. The van der Waals surface area contributed by atoms with Crippen molar-refractivity contribution in [3.8, 4) is 0 Å². The van der Waals surface area contributed by atoms with Crippen LogP contribution in [0.5, 0.6) is 0 Å². The summed E-state index contributed by atoms with van der Waals surface area (Å²) in [6.45, 7) is 7.63. The molecule has 6 nitrogen and oxygen atoms in total. The third-order valence-corrected chi connectivity index (χ3v) is 4.28. The molecule has 2 rings (SSSR count). The van der Waals surface area contributed by atoms with E-state index in [1.807, 2.05) is 35.8 Å². The van der Waals surface area contributed by atoms with E-state index in [2.05, 4.69) is 46.6 Å². The Morgan fingerprint density at radius 3 is 2.69 bits per heavy atom. The highest BCUT2D eigenvalue weighted by atomic mass is 127. The fraction of sp³-hybridized carbons (Fsp3) is 0.632. The second kappa shape index (κ2) is 12.1. The maximum Gasteiger partial charge on any atom is 0.191 e. The molecule has 0 bridgehead atoms. The van der Waals surface area contributed by atoms with Crippen LogP contribution in [-0.2, 0) is 6.42 Å². The van der Waals surface area contributed by atoms with Gasteiger partial charge in [-0.3, -0.25) is 9.39 Å². The molecule has 0 aliphatic carbocycles. The minimum absolute atomic E-state index is 0. The smallest absolute Gasteiger partial charge is 0.191 e. The zero-order valence-electron chi connectivity index (χ0n) is 16.4. The minimum Gasteiger partial charge on any atom is -0.356 e. The molecular weight excluding hydrogens is 439 g/mol. The Morgan fingerprint density at radius 1 is 1.15 bits per heavy atom. The van der Waals surface area contributed by atoms with Crippen LogP contribution in [0.25, 0.3) is 5.65 Å². The number of aliphatic imine (C=N–C) groups is 1. The van der Waals surface area contributed by atoms with E-state index in [1.54, 1.807) is 0 Å². The van der Waals surface area contributed by atoms with Crippen LogP contribution in [0.4, 0.5) is 0 Å². The van der Waals surface area contributed by atoms with Gasteiger partial charge in [-0.1, -0.05) is 32.8 Å². The third kappa shape index (κ3) is 7.47. The second-order valence-electron chi connectivity index (χ2n) is 7.02. The van der Waals surface area contributed by atoms with Gasteiger partial charge < -0.3 is 10.6 Å². The van der Waals surface area contributed by atoms with E-state index in [1.165, 1.54) is 19.3 Å². The van der Waals surface area contributed by atoms with E-state index < -0.39 is 0 Å². The monoisotopic (exact) mass is 472 g/mol. The Kier molecular flexibility index (Phi) is 10.5. The maximum absolute atomic E-state index is 4.32. The lowest BCUT2D eigenvalue weighted by atomic mass is 10.0. The van der Waals surface area contributed by atoms with Crippen molar-refractivity contribution in [1.82, 2.24) is 25.2 Å². The summed E-state index contributed by atoms with van der Waals surface area (Å²) < 4.78 is 2.05. The first kappa shape index (κ1) is 22.7. The van der Waals surface area contributed by atoms with E-state index in [0.29, 0.717) is 6.04 Å². The van der Waals surface area contributed by atoms with Crippen LogP contribution in [0.15, 0.2) is 29.4 Å². The van der Waals surface area contributed by atoms with Crippen molar-refractivity contribution < 1.29 is 0 Å². The Hall–Kier alpha value is -1.38. The minimum atomic E-state index is 0. The van der Waals surface area contributed by atoms with Gasteiger partial charge in [0.15, 0.2) is 11.6 Å². The standard InChI is InChI=1S/C19H32N6.HI/c1-15(2)9-7-10-16(3)22-19(20-4)21-13-8-12-18-24-23-17-11-5-6-14-25(17)18;/h5-6,11,14-16H,7-10,12-13H2,1-4H3,(H2,20,21,22);1H. The molecule has 2 aromatic heterocycles. The molecule has 2 heterocycles. The molecule has 0 saturated heterocycles. The topological polar surface area (TPSA) is 66.6 Å². The number of hydrogen-bond donors (Lipinski definition) is 2. The number of pyridine rings is 1. The van der Waals surface area contributed by atoms with E-state index in [4.69, 9.17) is 0 Å². The average molecular weight is 472 g/mol. The number of halogens is 1. The molecule has 146 valence electrons. The van der Waals surface area contributed by atoms with Crippen LogP contribution in [0, 0.1) is 5.92 Å². The zero-order chi connectivity index (χ0) is 18.1. The fourth-order valence-corrected chi connectivity index (χ4v) is 2.85. The average Bonchev–Trinajstić information content (AvgIpc) is 3.00. The van der Waals surface area contributed by atoms with E-state index in [0.717, 1.165) is 42.7 Å². The van der Waals surface area contributed by atoms with Crippen molar-refractivity contribution in [3.05, 3.63) is 30.2 Å². The van der Waals surface area contributed by atoms with Crippen LogP contribution in [0.3, 0.4) is 0 Å². The summed E-state index contributed by atoms with van der Waals surface area (Å²) in [7, 11) is 1.82. The highest BCUT2D eigenvalue weighted by molar-refractivity contribution is 14.0. The van der Waals surface area contributed by atoms with Gasteiger partial charge in [-0.15, -0.1) is 34.2 Å². The lowest BCUT2D eigenvalue weighted by molar-refractivity contribution is 0.491.